The van der Waals surface area contributed by atoms with Gasteiger partial charge in [0.2, 0.25) is 0 Å². The summed E-state index contributed by atoms with van der Waals surface area (Å²) in [4.78, 5) is 22.8. The number of halogens is 2. The molecule has 118 valence electrons. The Kier molecular flexibility index (Phi) is 6.87. The average molecular weight is 348 g/mol. The SMILES string of the molecule is [N-]=[N+]=N[C@@H](c1ccc([N+](=O)[O-])cc1)[C@@H](CO)NC(=O)C(Cl)Cl. The van der Waals surface area contributed by atoms with E-state index >= 15 is 0 Å². The van der Waals surface area contributed by atoms with Gasteiger partial charge in [-0.05, 0) is 11.1 Å². The van der Waals surface area contributed by atoms with E-state index in [1.165, 1.54) is 24.3 Å². The van der Waals surface area contributed by atoms with Gasteiger partial charge in [0.05, 0.1) is 23.6 Å². The lowest BCUT2D eigenvalue weighted by atomic mass is 10.00. The number of nitro benzene ring substituents is 1. The van der Waals surface area contributed by atoms with Crippen molar-refractivity contribution in [3.05, 3.63) is 50.4 Å². The Morgan fingerprint density at radius 1 is 1.45 bits per heavy atom. The number of benzene rings is 1. The van der Waals surface area contributed by atoms with E-state index < -0.39 is 34.4 Å². The zero-order valence-corrected chi connectivity index (χ0v) is 12.5. The van der Waals surface area contributed by atoms with Gasteiger partial charge >= 0.3 is 0 Å². The summed E-state index contributed by atoms with van der Waals surface area (Å²) in [5, 5.41) is 25.8. The first-order chi connectivity index (χ1) is 10.4. The molecule has 2 atom stereocenters. The second kappa shape index (κ2) is 8.40. The molecule has 0 aliphatic heterocycles. The Morgan fingerprint density at radius 2 is 2.05 bits per heavy atom. The van der Waals surface area contributed by atoms with Crippen LogP contribution in [0.4, 0.5) is 5.69 Å². The lowest BCUT2D eigenvalue weighted by Crippen LogP contribution is -2.43. The first-order valence-corrected chi connectivity index (χ1v) is 6.76. The van der Waals surface area contributed by atoms with E-state index in [0.717, 1.165) is 0 Å². The van der Waals surface area contributed by atoms with Gasteiger partial charge in [0.25, 0.3) is 11.6 Å². The van der Waals surface area contributed by atoms with Crippen molar-refractivity contribution in [3.63, 3.8) is 0 Å². The largest absolute Gasteiger partial charge is 0.394 e. The molecule has 0 aromatic heterocycles. The predicted molar refractivity (Wildman–Crippen MR) is 79.5 cm³/mol. The third-order valence-corrected chi connectivity index (χ3v) is 3.12. The fourth-order valence-corrected chi connectivity index (χ4v) is 1.82. The molecule has 0 heterocycles. The van der Waals surface area contributed by atoms with Gasteiger partial charge in [-0.15, -0.1) is 0 Å². The first-order valence-electron chi connectivity index (χ1n) is 5.88. The Balaban J connectivity index is 3.06. The number of carbonyl (C=O) groups excluding carboxylic acids is 1. The summed E-state index contributed by atoms with van der Waals surface area (Å²) in [5.74, 6) is -0.762. The standard InChI is InChI=1S/C11H11Cl2N5O4/c12-10(13)11(20)15-8(5-19)9(16-17-14)6-1-3-7(4-2-6)18(21)22/h1-4,8-10,19H,5H2,(H,15,20)/t8-,9+/m1/s1. The number of nitro groups is 1. The summed E-state index contributed by atoms with van der Waals surface area (Å²) < 4.78 is 0. The molecule has 0 spiro atoms. The maximum atomic E-state index is 11.5. The molecule has 0 unspecified atom stereocenters. The number of alkyl halides is 2. The second-order valence-corrected chi connectivity index (χ2v) is 5.19. The summed E-state index contributed by atoms with van der Waals surface area (Å²) in [6.45, 7) is -0.549. The smallest absolute Gasteiger partial charge is 0.269 e. The number of aliphatic hydroxyl groups excluding tert-OH is 1. The van der Waals surface area contributed by atoms with Crippen LogP contribution < -0.4 is 5.32 Å². The normalized spacial score (nSPS) is 13.1. The van der Waals surface area contributed by atoms with Crippen molar-refractivity contribution in [1.29, 1.82) is 0 Å². The quantitative estimate of drug-likeness (QED) is 0.195. The topological polar surface area (TPSA) is 141 Å². The fraction of sp³-hybridized carbons (Fsp3) is 0.364. The van der Waals surface area contributed by atoms with Gasteiger partial charge in [0.1, 0.15) is 0 Å². The van der Waals surface area contributed by atoms with Crippen molar-refractivity contribution in [1.82, 2.24) is 5.32 Å². The molecule has 1 aromatic rings. The zero-order valence-electron chi connectivity index (χ0n) is 11.0. The van der Waals surface area contributed by atoms with Gasteiger partial charge in [-0.2, -0.15) is 0 Å². The zero-order chi connectivity index (χ0) is 16.7. The Labute approximate surface area is 134 Å². The molecule has 0 aliphatic rings. The number of non-ortho nitro benzene ring substituents is 1. The third kappa shape index (κ3) is 4.74. The minimum atomic E-state index is -1.35. The minimum absolute atomic E-state index is 0.144. The van der Waals surface area contributed by atoms with Crippen LogP contribution in [0.1, 0.15) is 11.6 Å². The molecule has 0 bridgehead atoms. The number of nitrogens with one attached hydrogen (secondary N) is 1. The number of azide groups is 1. The summed E-state index contributed by atoms with van der Waals surface area (Å²) in [6, 6.07) is 3.21. The monoisotopic (exact) mass is 347 g/mol. The van der Waals surface area contributed by atoms with Crippen LogP contribution in [0.3, 0.4) is 0 Å². The van der Waals surface area contributed by atoms with E-state index in [2.05, 4.69) is 15.3 Å². The van der Waals surface area contributed by atoms with E-state index in [1.54, 1.807) is 0 Å². The number of carbonyl (C=O) groups is 1. The molecule has 0 fully saturated rings. The molecule has 9 nitrogen and oxygen atoms in total. The van der Waals surface area contributed by atoms with E-state index in [1.807, 2.05) is 0 Å². The predicted octanol–water partition coefficient (Wildman–Crippen LogP) is 2.23. The van der Waals surface area contributed by atoms with Crippen LogP contribution in [0, 0.1) is 10.1 Å². The highest BCUT2D eigenvalue weighted by Gasteiger charge is 2.25. The number of hydrogen-bond acceptors (Lipinski definition) is 5. The highest BCUT2D eigenvalue weighted by atomic mass is 35.5. The highest BCUT2D eigenvalue weighted by molar-refractivity contribution is 6.53. The third-order valence-electron chi connectivity index (χ3n) is 2.73. The molecule has 0 saturated heterocycles. The number of amides is 1. The Bertz CT molecular complexity index is 589. The number of rotatable bonds is 7. The molecule has 1 amide bonds. The van der Waals surface area contributed by atoms with Gasteiger partial charge in [0, 0.05) is 17.0 Å². The molecular formula is C11H11Cl2N5O4. The van der Waals surface area contributed by atoms with Crippen LogP contribution in [0.25, 0.3) is 10.4 Å². The van der Waals surface area contributed by atoms with E-state index in [-0.39, 0.29) is 5.69 Å². The van der Waals surface area contributed by atoms with Gasteiger partial charge < -0.3 is 10.4 Å². The summed E-state index contributed by atoms with van der Waals surface area (Å²) in [7, 11) is 0. The molecule has 0 saturated carbocycles. The van der Waals surface area contributed by atoms with E-state index in [9.17, 15) is 20.0 Å². The first kappa shape index (κ1) is 18.0. The highest BCUT2D eigenvalue weighted by Crippen LogP contribution is 2.24. The maximum Gasteiger partial charge on any atom is 0.269 e. The Hall–Kier alpha value is -2.06. The molecule has 11 heteroatoms. The van der Waals surface area contributed by atoms with Gasteiger partial charge in [-0.1, -0.05) is 40.4 Å². The van der Waals surface area contributed by atoms with Crippen LogP contribution in [0.15, 0.2) is 29.4 Å². The lowest BCUT2D eigenvalue weighted by molar-refractivity contribution is -0.384. The molecular weight excluding hydrogens is 337 g/mol. The van der Waals surface area contributed by atoms with Crippen LogP contribution in [0.2, 0.25) is 0 Å². The Morgan fingerprint density at radius 3 is 2.45 bits per heavy atom. The average Bonchev–Trinajstić information content (AvgIpc) is 2.50. The van der Waals surface area contributed by atoms with Gasteiger partial charge in [0.15, 0.2) is 4.84 Å². The lowest BCUT2D eigenvalue weighted by Gasteiger charge is -2.23. The maximum absolute atomic E-state index is 11.5. The van der Waals surface area contributed by atoms with E-state index in [0.29, 0.717) is 5.56 Å². The van der Waals surface area contributed by atoms with Crippen molar-refractivity contribution < 1.29 is 14.8 Å². The van der Waals surface area contributed by atoms with Crippen molar-refractivity contribution in [3.8, 4) is 0 Å². The molecule has 0 radical (unpaired) electrons. The van der Waals surface area contributed by atoms with E-state index in [4.69, 9.17) is 28.7 Å². The number of hydrogen-bond donors (Lipinski definition) is 2. The minimum Gasteiger partial charge on any atom is -0.394 e. The van der Waals surface area contributed by atoms with Crippen molar-refractivity contribution in [2.24, 2.45) is 5.11 Å². The van der Waals surface area contributed by atoms with Gasteiger partial charge in [-0.3, -0.25) is 14.9 Å². The molecule has 2 N–H and O–H groups in total. The number of aliphatic hydroxyl groups is 1. The second-order valence-electron chi connectivity index (χ2n) is 4.10. The fourth-order valence-electron chi connectivity index (χ4n) is 1.70. The summed E-state index contributed by atoms with van der Waals surface area (Å²) in [6.07, 6.45) is 0. The molecule has 1 aromatic carbocycles. The summed E-state index contributed by atoms with van der Waals surface area (Å²) in [5.41, 5.74) is 8.87. The van der Waals surface area contributed by atoms with Crippen molar-refractivity contribution in [2.45, 2.75) is 16.9 Å². The van der Waals surface area contributed by atoms with Crippen LogP contribution in [-0.4, -0.2) is 33.4 Å². The molecule has 1 rings (SSSR count). The summed E-state index contributed by atoms with van der Waals surface area (Å²) >= 11 is 10.8. The van der Waals surface area contributed by atoms with Crippen molar-refractivity contribution >= 4 is 34.8 Å². The number of nitrogens with zero attached hydrogens (tertiary/aromatic N) is 4. The molecule has 0 aliphatic carbocycles. The van der Waals surface area contributed by atoms with Gasteiger partial charge in [-0.25, -0.2) is 0 Å². The van der Waals surface area contributed by atoms with Crippen LogP contribution >= 0.6 is 23.2 Å². The van der Waals surface area contributed by atoms with Crippen LogP contribution in [0.5, 0.6) is 0 Å². The van der Waals surface area contributed by atoms with Crippen molar-refractivity contribution in [2.75, 3.05) is 6.61 Å². The molecule has 22 heavy (non-hydrogen) atoms. The van der Waals surface area contributed by atoms with Crippen LogP contribution in [-0.2, 0) is 4.79 Å².